The molecule has 0 radical (unpaired) electrons. The topological polar surface area (TPSA) is 58.4 Å². The summed E-state index contributed by atoms with van der Waals surface area (Å²) < 4.78 is 0. The Morgan fingerprint density at radius 2 is 2.20 bits per heavy atom. The third-order valence-corrected chi connectivity index (χ3v) is 3.49. The molecule has 1 heterocycles. The van der Waals surface area contributed by atoms with Crippen molar-refractivity contribution in [1.29, 1.82) is 0 Å². The van der Waals surface area contributed by atoms with Crippen molar-refractivity contribution in [2.24, 2.45) is 5.73 Å². The molecule has 1 saturated carbocycles. The van der Waals surface area contributed by atoms with Crippen LogP contribution in [0.15, 0.2) is 0 Å². The molecule has 4 nitrogen and oxygen atoms in total. The minimum absolute atomic E-state index is 0.173. The summed E-state index contributed by atoms with van der Waals surface area (Å²) in [6, 6.07) is 0.882. The summed E-state index contributed by atoms with van der Waals surface area (Å²) in [4.78, 5) is 13.8. The van der Waals surface area contributed by atoms with E-state index in [0.29, 0.717) is 18.6 Å². The smallest absolute Gasteiger partial charge is 0.234 e. The molecule has 2 atom stereocenters. The Kier molecular flexibility index (Phi) is 3.59. The van der Waals surface area contributed by atoms with Crippen molar-refractivity contribution >= 4 is 5.91 Å². The summed E-state index contributed by atoms with van der Waals surface area (Å²) >= 11 is 0. The van der Waals surface area contributed by atoms with Crippen molar-refractivity contribution in [2.45, 2.75) is 44.2 Å². The van der Waals surface area contributed by atoms with E-state index in [0.717, 1.165) is 32.4 Å². The summed E-state index contributed by atoms with van der Waals surface area (Å²) in [5.74, 6) is 0.173. The van der Waals surface area contributed by atoms with Crippen LogP contribution < -0.4 is 11.1 Å². The van der Waals surface area contributed by atoms with Crippen LogP contribution in [0.1, 0.15) is 32.1 Å². The summed E-state index contributed by atoms with van der Waals surface area (Å²) in [7, 11) is 0. The van der Waals surface area contributed by atoms with Gasteiger partial charge in [0.1, 0.15) is 0 Å². The number of carbonyl (C=O) groups is 1. The van der Waals surface area contributed by atoms with Crippen molar-refractivity contribution in [3.05, 3.63) is 0 Å². The second-order valence-electron chi connectivity index (χ2n) is 4.75. The van der Waals surface area contributed by atoms with Crippen molar-refractivity contribution in [1.82, 2.24) is 10.2 Å². The molecule has 3 N–H and O–H groups in total. The Labute approximate surface area is 91.2 Å². The highest BCUT2D eigenvalue weighted by atomic mass is 16.2. The first-order valence-corrected chi connectivity index (χ1v) is 6.02. The van der Waals surface area contributed by atoms with Crippen molar-refractivity contribution in [3.8, 4) is 0 Å². The minimum Gasteiger partial charge on any atom is -0.355 e. The van der Waals surface area contributed by atoms with Gasteiger partial charge >= 0.3 is 0 Å². The first-order valence-electron chi connectivity index (χ1n) is 6.02. The summed E-state index contributed by atoms with van der Waals surface area (Å²) in [6.07, 6.45) is 5.70. The van der Waals surface area contributed by atoms with Crippen LogP contribution in [0, 0.1) is 0 Å². The number of rotatable bonds is 1. The monoisotopic (exact) mass is 211 g/mol. The maximum Gasteiger partial charge on any atom is 0.234 e. The number of carbonyl (C=O) groups excluding carboxylic acids is 1. The third-order valence-electron chi connectivity index (χ3n) is 3.49. The number of hydrogen-bond acceptors (Lipinski definition) is 3. The van der Waals surface area contributed by atoms with E-state index >= 15 is 0 Å². The van der Waals surface area contributed by atoms with Gasteiger partial charge in [0.2, 0.25) is 5.91 Å². The molecule has 1 aliphatic carbocycles. The van der Waals surface area contributed by atoms with Crippen LogP contribution in [0.5, 0.6) is 0 Å². The molecule has 0 aromatic heterocycles. The lowest BCUT2D eigenvalue weighted by atomic mass is 9.90. The summed E-state index contributed by atoms with van der Waals surface area (Å²) in [6.45, 7) is 2.43. The molecular weight excluding hydrogens is 190 g/mol. The molecule has 0 spiro atoms. The highest BCUT2D eigenvalue weighted by Gasteiger charge is 2.27. The molecule has 86 valence electrons. The van der Waals surface area contributed by atoms with E-state index in [4.69, 9.17) is 5.73 Å². The highest BCUT2D eigenvalue weighted by Crippen LogP contribution is 2.22. The second kappa shape index (κ2) is 4.94. The normalized spacial score (nSPS) is 34.6. The fourth-order valence-corrected chi connectivity index (χ4v) is 2.67. The molecule has 2 unspecified atom stereocenters. The van der Waals surface area contributed by atoms with Crippen LogP contribution in [-0.2, 0) is 4.79 Å². The largest absolute Gasteiger partial charge is 0.355 e. The average Bonchev–Trinajstić information content (AvgIpc) is 2.43. The predicted octanol–water partition coefficient (Wildman–Crippen LogP) is 0.0782. The molecule has 15 heavy (non-hydrogen) atoms. The van der Waals surface area contributed by atoms with Gasteiger partial charge in [-0.25, -0.2) is 0 Å². The van der Waals surface area contributed by atoms with E-state index in [1.54, 1.807) is 0 Å². The van der Waals surface area contributed by atoms with E-state index in [2.05, 4.69) is 10.2 Å². The zero-order chi connectivity index (χ0) is 10.7. The van der Waals surface area contributed by atoms with Crippen molar-refractivity contribution in [2.75, 3.05) is 19.6 Å². The lowest BCUT2D eigenvalue weighted by Gasteiger charge is -2.35. The van der Waals surface area contributed by atoms with Crippen molar-refractivity contribution < 1.29 is 4.79 Å². The van der Waals surface area contributed by atoms with Gasteiger partial charge < -0.3 is 11.1 Å². The Hall–Kier alpha value is -0.610. The van der Waals surface area contributed by atoms with E-state index in [9.17, 15) is 4.79 Å². The van der Waals surface area contributed by atoms with Gasteiger partial charge in [0, 0.05) is 25.2 Å². The first kappa shape index (κ1) is 10.9. The van der Waals surface area contributed by atoms with Gasteiger partial charge in [0.15, 0.2) is 0 Å². The molecular formula is C11H21N3O. The van der Waals surface area contributed by atoms with Crippen LogP contribution in [-0.4, -0.2) is 42.5 Å². The van der Waals surface area contributed by atoms with Gasteiger partial charge in [-0.15, -0.1) is 0 Å². The molecule has 2 aliphatic rings. The average molecular weight is 211 g/mol. The number of amides is 1. The minimum atomic E-state index is 0.173. The number of nitrogens with zero attached hydrogens (tertiary/aromatic N) is 1. The van der Waals surface area contributed by atoms with Gasteiger partial charge in [-0.05, 0) is 25.7 Å². The van der Waals surface area contributed by atoms with Crippen LogP contribution in [0.25, 0.3) is 0 Å². The molecule has 0 aromatic carbocycles. The number of nitrogens with one attached hydrogen (secondary N) is 1. The van der Waals surface area contributed by atoms with Crippen LogP contribution >= 0.6 is 0 Å². The molecule has 4 heteroatoms. The maximum absolute atomic E-state index is 11.4. The zero-order valence-electron chi connectivity index (χ0n) is 9.24. The van der Waals surface area contributed by atoms with Gasteiger partial charge in [0.25, 0.3) is 0 Å². The van der Waals surface area contributed by atoms with Crippen molar-refractivity contribution in [3.63, 3.8) is 0 Å². The molecule has 1 aliphatic heterocycles. The molecule has 2 rings (SSSR count). The van der Waals surface area contributed by atoms with Crippen LogP contribution in [0.2, 0.25) is 0 Å². The second-order valence-corrected chi connectivity index (χ2v) is 4.75. The lowest BCUT2D eigenvalue weighted by Crippen LogP contribution is -2.45. The number of nitrogens with two attached hydrogens (primary N) is 1. The van der Waals surface area contributed by atoms with Crippen LogP contribution in [0.3, 0.4) is 0 Å². The molecule has 0 aromatic rings. The zero-order valence-corrected chi connectivity index (χ0v) is 9.24. The Morgan fingerprint density at radius 3 is 3.00 bits per heavy atom. The number of hydrogen-bond donors (Lipinski definition) is 2. The quantitative estimate of drug-likeness (QED) is 0.645. The first-order chi connectivity index (χ1) is 7.25. The van der Waals surface area contributed by atoms with Gasteiger partial charge in [-0.1, -0.05) is 6.42 Å². The van der Waals surface area contributed by atoms with E-state index in [1.165, 1.54) is 12.8 Å². The van der Waals surface area contributed by atoms with E-state index in [1.807, 2.05) is 0 Å². The Bertz CT molecular complexity index is 232. The maximum atomic E-state index is 11.4. The molecule has 0 bridgehead atoms. The predicted molar refractivity (Wildman–Crippen MR) is 59.4 cm³/mol. The van der Waals surface area contributed by atoms with E-state index < -0.39 is 0 Å². The SMILES string of the molecule is NC1CCCC(N2CCCNC(=O)C2)C1. The summed E-state index contributed by atoms with van der Waals surface area (Å²) in [5, 5.41) is 2.91. The van der Waals surface area contributed by atoms with Gasteiger partial charge in [-0.2, -0.15) is 0 Å². The fraction of sp³-hybridized carbons (Fsp3) is 0.909. The summed E-state index contributed by atoms with van der Waals surface area (Å²) in [5.41, 5.74) is 5.98. The lowest BCUT2D eigenvalue weighted by molar-refractivity contribution is -0.122. The molecule has 1 saturated heterocycles. The molecule has 2 fully saturated rings. The van der Waals surface area contributed by atoms with E-state index in [-0.39, 0.29) is 5.91 Å². The van der Waals surface area contributed by atoms with Crippen LogP contribution in [0.4, 0.5) is 0 Å². The highest BCUT2D eigenvalue weighted by molar-refractivity contribution is 5.78. The van der Waals surface area contributed by atoms with Gasteiger partial charge in [0.05, 0.1) is 6.54 Å². The Balaban J connectivity index is 1.92. The molecule has 1 amide bonds. The Morgan fingerprint density at radius 1 is 1.33 bits per heavy atom. The third kappa shape index (κ3) is 2.92. The fourth-order valence-electron chi connectivity index (χ4n) is 2.67. The van der Waals surface area contributed by atoms with Gasteiger partial charge in [-0.3, -0.25) is 9.69 Å². The standard InChI is InChI=1S/C11H21N3O/c12-9-3-1-4-10(7-9)14-6-2-5-13-11(15)8-14/h9-10H,1-8,12H2,(H,13,15).